The maximum absolute atomic E-state index is 12.9. The zero-order valence-electron chi connectivity index (χ0n) is 16.9. The molecule has 0 aliphatic heterocycles. The van der Waals surface area contributed by atoms with Crippen molar-refractivity contribution in [3.05, 3.63) is 88.7 Å². The maximum Gasteiger partial charge on any atom is 0.274 e. The first kappa shape index (κ1) is 20.7. The lowest BCUT2D eigenvalue weighted by molar-refractivity contribution is 0.102. The van der Waals surface area contributed by atoms with Crippen LogP contribution in [0.2, 0.25) is 0 Å². The Labute approximate surface area is 175 Å². The number of para-hydroxylation sites is 1. The van der Waals surface area contributed by atoms with Gasteiger partial charge in [0.2, 0.25) is 0 Å². The number of carbonyl (C=O) groups excluding carboxylic acids is 2. The smallest absolute Gasteiger partial charge is 0.274 e. The van der Waals surface area contributed by atoms with E-state index in [1.165, 1.54) is 12.3 Å². The van der Waals surface area contributed by atoms with Crippen molar-refractivity contribution in [2.45, 2.75) is 26.7 Å². The molecule has 0 bridgehead atoms. The third-order valence-corrected chi connectivity index (χ3v) is 4.76. The molecule has 0 unspecified atom stereocenters. The Kier molecular flexibility index (Phi) is 6.56. The molecule has 150 valence electrons. The zero-order valence-corrected chi connectivity index (χ0v) is 16.9. The Morgan fingerprint density at radius 2 is 1.60 bits per heavy atom. The van der Waals surface area contributed by atoms with Gasteiger partial charge in [-0.3, -0.25) is 14.6 Å². The summed E-state index contributed by atoms with van der Waals surface area (Å²) in [7, 11) is 0. The summed E-state index contributed by atoms with van der Waals surface area (Å²) in [6.07, 6.45) is 3.05. The minimum absolute atomic E-state index is 0.131. The molecule has 1 heterocycles. The molecule has 2 amide bonds. The van der Waals surface area contributed by atoms with Crippen molar-refractivity contribution in [1.82, 2.24) is 4.98 Å². The molecule has 1 aromatic heterocycles. The van der Waals surface area contributed by atoms with Gasteiger partial charge >= 0.3 is 0 Å². The van der Waals surface area contributed by atoms with Gasteiger partial charge < -0.3 is 10.6 Å². The largest absolute Gasteiger partial charge is 0.321 e. The molecule has 0 radical (unpaired) electrons. The van der Waals surface area contributed by atoms with Crippen LogP contribution >= 0.6 is 0 Å². The van der Waals surface area contributed by atoms with Gasteiger partial charge in [0.05, 0.1) is 11.6 Å². The Hall–Kier alpha value is -3.98. The highest BCUT2D eigenvalue weighted by atomic mass is 16.2. The molecule has 6 nitrogen and oxygen atoms in total. The van der Waals surface area contributed by atoms with Crippen molar-refractivity contribution in [3.8, 4) is 6.07 Å². The molecule has 0 fully saturated rings. The lowest BCUT2D eigenvalue weighted by atomic mass is 10.0. The molecular weight excluding hydrogens is 376 g/mol. The van der Waals surface area contributed by atoms with Crippen LogP contribution in [0, 0.1) is 11.3 Å². The fraction of sp³-hybridized carbons (Fsp3) is 0.167. The number of hydrogen-bond acceptors (Lipinski definition) is 4. The predicted molar refractivity (Wildman–Crippen MR) is 116 cm³/mol. The number of amides is 2. The zero-order chi connectivity index (χ0) is 21.5. The second-order valence-corrected chi connectivity index (χ2v) is 6.69. The van der Waals surface area contributed by atoms with E-state index < -0.39 is 5.91 Å². The van der Waals surface area contributed by atoms with Crippen LogP contribution in [-0.2, 0) is 12.8 Å². The Bertz CT molecular complexity index is 1090. The molecule has 3 rings (SSSR count). The minimum Gasteiger partial charge on any atom is -0.321 e. The summed E-state index contributed by atoms with van der Waals surface area (Å²) in [6, 6.07) is 17.6. The molecule has 0 aliphatic rings. The van der Waals surface area contributed by atoms with Crippen LogP contribution < -0.4 is 10.6 Å². The van der Waals surface area contributed by atoms with Gasteiger partial charge in [0.25, 0.3) is 11.8 Å². The van der Waals surface area contributed by atoms with Crippen LogP contribution in [0.4, 0.5) is 11.4 Å². The quantitative estimate of drug-likeness (QED) is 0.635. The third kappa shape index (κ3) is 4.70. The first-order valence-corrected chi connectivity index (χ1v) is 9.75. The van der Waals surface area contributed by atoms with E-state index in [1.54, 1.807) is 30.3 Å². The van der Waals surface area contributed by atoms with Gasteiger partial charge in [0, 0.05) is 23.1 Å². The van der Waals surface area contributed by atoms with E-state index in [9.17, 15) is 9.59 Å². The Morgan fingerprint density at radius 3 is 2.20 bits per heavy atom. The molecule has 3 aromatic rings. The first-order chi connectivity index (χ1) is 14.5. The van der Waals surface area contributed by atoms with Crippen LogP contribution in [0.3, 0.4) is 0 Å². The van der Waals surface area contributed by atoms with E-state index in [2.05, 4.69) is 15.6 Å². The summed E-state index contributed by atoms with van der Waals surface area (Å²) in [5.41, 5.74) is 4.48. The number of nitrogens with zero attached hydrogens (tertiary/aromatic N) is 2. The molecule has 0 atom stereocenters. The van der Waals surface area contributed by atoms with E-state index in [4.69, 9.17) is 5.26 Å². The average molecular weight is 398 g/mol. The molecule has 30 heavy (non-hydrogen) atoms. The number of carbonyl (C=O) groups is 2. The van der Waals surface area contributed by atoms with Gasteiger partial charge in [-0.25, -0.2) is 0 Å². The van der Waals surface area contributed by atoms with Crippen molar-refractivity contribution in [2.24, 2.45) is 0 Å². The van der Waals surface area contributed by atoms with Crippen molar-refractivity contribution < 1.29 is 9.59 Å². The van der Waals surface area contributed by atoms with Gasteiger partial charge in [-0.15, -0.1) is 0 Å². The van der Waals surface area contributed by atoms with Gasteiger partial charge in [0.1, 0.15) is 5.69 Å². The van der Waals surface area contributed by atoms with Gasteiger partial charge in [0.15, 0.2) is 0 Å². The van der Waals surface area contributed by atoms with E-state index in [0.717, 1.165) is 29.7 Å². The van der Waals surface area contributed by atoms with Gasteiger partial charge in [-0.1, -0.05) is 32.0 Å². The van der Waals surface area contributed by atoms with Gasteiger partial charge in [-0.2, -0.15) is 5.26 Å². The average Bonchev–Trinajstić information content (AvgIpc) is 2.79. The fourth-order valence-corrected chi connectivity index (χ4v) is 3.11. The number of nitrogens with one attached hydrogen (secondary N) is 2. The molecule has 0 aliphatic carbocycles. The highest BCUT2D eigenvalue weighted by molar-refractivity contribution is 6.08. The van der Waals surface area contributed by atoms with E-state index >= 15 is 0 Å². The number of aromatic nitrogens is 1. The SMILES string of the molecule is CCc1cccc(CC)c1NC(=O)c1ccnc(C(=O)Nc2ccc(C#N)cc2)c1. The van der Waals surface area contributed by atoms with Crippen molar-refractivity contribution in [2.75, 3.05) is 10.6 Å². The summed E-state index contributed by atoms with van der Waals surface area (Å²) < 4.78 is 0. The molecule has 0 saturated heterocycles. The topological polar surface area (TPSA) is 94.9 Å². The molecule has 0 spiro atoms. The van der Waals surface area contributed by atoms with Crippen LogP contribution in [0.25, 0.3) is 0 Å². The number of nitriles is 1. The Balaban J connectivity index is 1.79. The maximum atomic E-state index is 12.9. The lowest BCUT2D eigenvalue weighted by Gasteiger charge is -2.14. The molecule has 2 N–H and O–H groups in total. The van der Waals surface area contributed by atoms with E-state index in [0.29, 0.717) is 16.8 Å². The van der Waals surface area contributed by atoms with E-state index in [1.807, 2.05) is 38.1 Å². The highest BCUT2D eigenvalue weighted by Gasteiger charge is 2.15. The first-order valence-electron chi connectivity index (χ1n) is 9.75. The van der Waals surface area contributed by atoms with Crippen molar-refractivity contribution in [3.63, 3.8) is 0 Å². The summed E-state index contributed by atoms with van der Waals surface area (Å²) in [4.78, 5) is 29.5. The van der Waals surface area contributed by atoms with Crippen LogP contribution in [-0.4, -0.2) is 16.8 Å². The van der Waals surface area contributed by atoms with Crippen LogP contribution in [0.1, 0.15) is 51.4 Å². The minimum atomic E-state index is -0.433. The predicted octanol–water partition coefficient (Wildman–Crippen LogP) is 4.58. The molecule has 0 saturated carbocycles. The molecular formula is C24H22N4O2. The van der Waals surface area contributed by atoms with Gasteiger partial charge in [-0.05, 0) is 60.4 Å². The number of hydrogen-bond donors (Lipinski definition) is 2. The van der Waals surface area contributed by atoms with Crippen LogP contribution in [0.5, 0.6) is 0 Å². The number of anilines is 2. The number of rotatable bonds is 6. The Morgan fingerprint density at radius 1 is 0.933 bits per heavy atom. The molecule has 2 aromatic carbocycles. The summed E-state index contributed by atoms with van der Waals surface area (Å²) in [6.45, 7) is 4.09. The van der Waals surface area contributed by atoms with Crippen molar-refractivity contribution >= 4 is 23.2 Å². The monoisotopic (exact) mass is 398 g/mol. The second kappa shape index (κ2) is 9.48. The summed E-state index contributed by atoms with van der Waals surface area (Å²) in [5.74, 6) is -0.724. The van der Waals surface area contributed by atoms with Crippen molar-refractivity contribution in [1.29, 1.82) is 5.26 Å². The van der Waals surface area contributed by atoms with Crippen LogP contribution in [0.15, 0.2) is 60.8 Å². The van der Waals surface area contributed by atoms with E-state index in [-0.39, 0.29) is 11.6 Å². The second-order valence-electron chi connectivity index (χ2n) is 6.69. The summed E-state index contributed by atoms with van der Waals surface area (Å²) in [5, 5.41) is 14.6. The highest BCUT2D eigenvalue weighted by Crippen LogP contribution is 2.23. The number of aryl methyl sites for hydroxylation is 2. The normalized spacial score (nSPS) is 10.2. The standard InChI is InChI=1S/C24H22N4O2/c1-3-17-6-5-7-18(4-2)22(17)28-23(29)19-12-13-26-21(14-19)24(30)27-20-10-8-16(15-25)9-11-20/h5-14H,3-4H2,1-2H3,(H,27,30)(H,28,29). The number of pyridine rings is 1. The summed E-state index contributed by atoms with van der Waals surface area (Å²) >= 11 is 0. The molecule has 6 heteroatoms. The third-order valence-electron chi connectivity index (χ3n) is 4.76. The lowest BCUT2D eigenvalue weighted by Crippen LogP contribution is -2.18. The number of benzene rings is 2. The fourth-order valence-electron chi connectivity index (χ4n) is 3.11.